The highest BCUT2D eigenvalue weighted by Gasteiger charge is 2.03. The Kier molecular flexibility index (Phi) is 18.9. The molecule has 0 aromatic rings. The van der Waals surface area contributed by atoms with Gasteiger partial charge in [-0.2, -0.15) is 0 Å². The molecule has 0 fully saturated rings. The van der Waals surface area contributed by atoms with Gasteiger partial charge < -0.3 is 14.7 Å². The highest BCUT2D eigenvalue weighted by atomic mass is 31.2. The molecule has 0 heterocycles. The Balaban J connectivity index is 0. The Bertz CT molecular complexity index is 67.7. The van der Waals surface area contributed by atoms with Gasteiger partial charge in [-0.25, -0.2) is 0 Å². The van der Waals surface area contributed by atoms with Gasteiger partial charge in [-0.3, -0.25) is 8.62 Å². The Labute approximate surface area is 77.4 Å². The van der Waals surface area contributed by atoms with E-state index in [0.717, 1.165) is 0 Å². The summed E-state index contributed by atoms with van der Waals surface area (Å²) in [7, 11) is -3.67. The molecule has 0 spiro atoms. The van der Waals surface area contributed by atoms with Crippen LogP contribution < -0.4 is 0 Å². The van der Waals surface area contributed by atoms with E-state index in [4.69, 9.17) is 14.7 Å². The lowest BCUT2D eigenvalue weighted by Gasteiger charge is -2.02. The largest absolute Gasteiger partial charge is 0.352 e. The zero-order chi connectivity index (χ0) is 9.82. The van der Waals surface area contributed by atoms with Gasteiger partial charge in [-0.1, -0.05) is 26.7 Å². The van der Waals surface area contributed by atoms with Crippen molar-refractivity contribution in [3.05, 3.63) is 0 Å². The third-order valence-electron chi connectivity index (χ3n) is 0.738. The SMILES string of the molecule is CCCC.OPOP(O)OPO. The molecule has 0 radical (unpaired) electrons. The van der Waals surface area contributed by atoms with Gasteiger partial charge in [-0.05, 0) is 0 Å². The van der Waals surface area contributed by atoms with Crippen LogP contribution in [-0.4, -0.2) is 14.7 Å². The highest BCUT2D eigenvalue weighted by Crippen LogP contribution is 2.43. The summed E-state index contributed by atoms with van der Waals surface area (Å²) in [5, 5.41) is 0. The molecule has 76 valence electrons. The van der Waals surface area contributed by atoms with Crippen LogP contribution in [0.1, 0.15) is 26.7 Å². The third kappa shape index (κ3) is 17.3. The number of hydrogen-bond acceptors (Lipinski definition) is 5. The Hall–Kier alpha value is 1.09. The second-order valence-corrected chi connectivity index (χ2v) is 3.90. The van der Waals surface area contributed by atoms with Crippen molar-refractivity contribution in [1.82, 2.24) is 0 Å². The van der Waals surface area contributed by atoms with E-state index in [1.807, 2.05) is 0 Å². The molecule has 8 heteroatoms. The van der Waals surface area contributed by atoms with E-state index < -0.39 is 26.7 Å². The second-order valence-electron chi connectivity index (χ2n) is 1.60. The van der Waals surface area contributed by atoms with Crippen molar-refractivity contribution in [3.8, 4) is 0 Å². The van der Waals surface area contributed by atoms with Gasteiger partial charge in [-0.15, -0.1) is 0 Å². The molecule has 0 aliphatic heterocycles. The summed E-state index contributed by atoms with van der Waals surface area (Å²) in [6.45, 7) is 4.36. The van der Waals surface area contributed by atoms with Gasteiger partial charge in [0.2, 0.25) is 0 Å². The van der Waals surface area contributed by atoms with E-state index in [2.05, 4.69) is 22.5 Å². The van der Waals surface area contributed by atoms with Crippen LogP contribution in [0.2, 0.25) is 0 Å². The summed E-state index contributed by atoms with van der Waals surface area (Å²) in [6, 6.07) is 0. The van der Waals surface area contributed by atoms with E-state index in [-0.39, 0.29) is 0 Å². The Morgan fingerprint density at radius 3 is 1.58 bits per heavy atom. The fourth-order valence-corrected chi connectivity index (χ4v) is 1.13. The summed E-state index contributed by atoms with van der Waals surface area (Å²) in [6.07, 6.45) is 2.64. The van der Waals surface area contributed by atoms with Gasteiger partial charge in [0.15, 0.2) is 18.1 Å². The first kappa shape index (κ1) is 15.6. The first-order valence-corrected chi connectivity index (χ1v) is 6.18. The van der Waals surface area contributed by atoms with Crippen LogP contribution in [0.5, 0.6) is 0 Å². The minimum absolute atomic E-state index is 0.805. The minimum atomic E-state index is -2.06. The average molecular weight is 236 g/mol. The fraction of sp³-hybridized carbons (Fsp3) is 1.00. The molecule has 0 aliphatic carbocycles. The zero-order valence-corrected chi connectivity index (χ0v) is 9.91. The fourth-order valence-electron chi connectivity index (χ4n) is 0.0885. The van der Waals surface area contributed by atoms with Crippen LogP contribution >= 0.6 is 26.7 Å². The molecule has 0 saturated carbocycles. The van der Waals surface area contributed by atoms with E-state index in [1.54, 1.807) is 0 Å². The van der Waals surface area contributed by atoms with Crippen LogP contribution in [-0.2, 0) is 8.62 Å². The van der Waals surface area contributed by atoms with Crippen LogP contribution in [0.4, 0.5) is 0 Å². The molecule has 0 aromatic heterocycles. The molecule has 12 heavy (non-hydrogen) atoms. The molecule has 2 atom stereocenters. The predicted molar refractivity (Wildman–Crippen MR) is 53.0 cm³/mol. The van der Waals surface area contributed by atoms with E-state index >= 15 is 0 Å². The van der Waals surface area contributed by atoms with Crippen LogP contribution in [0.15, 0.2) is 0 Å². The standard InChI is InChI=1S/C4H10.H5O5P3/c1-3-4-2;1-6-4-8(3)5-7-2/h3-4H2,1-2H3;1-3,6-7H. The first-order chi connectivity index (χ1) is 5.72. The first-order valence-electron chi connectivity index (χ1n) is 3.33. The van der Waals surface area contributed by atoms with Gasteiger partial charge >= 0.3 is 8.60 Å². The topological polar surface area (TPSA) is 79.2 Å². The van der Waals surface area contributed by atoms with Gasteiger partial charge in [0.05, 0.1) is 0 Å². The lowest BCUT2D eigenvalue weighted by Crippen LogP contribution is -1.69. The summed E-state index contributed by atoms with van der Waals surface area (Å²) < 4.78 is 8.22. The van der Waals surface area contributed by atoms with Crippen molar-refractivity contribution in [2.24, 2.45) is 0 Å². The number of unbranched alkanes of at least 4 members (excludes halogenated alkanes) is 1. The van der Waals surface area contributed by atoms with Crippen molar-refractivity contribution in [2.75, 3.05) is 0 Å². The summed E-state index contributed by atoms with van der Waals surface area (Å²) in [4.78, 5) is 24.3. The third-order valence-corrected chi connectivity index (χ3v) is 2.64. The van der Waals surface area contributed by atoms with E-state index in [1.165, 1.54) is 12.8 Å². The lowest BCUT2D eigenvalue weighted by atomic mass is 10.4. The van der Waals surface area contributed by atoms with Gasteiger partial charge in [0.25, 0.3) is 0 Å². The van der Waals surface area contributed by atoms with Crippen molar-refractivity contribution in [2.45, 2.75) is 26.7 Å². The van der Waals surface area contributed by atoms with Crippen molar-refractivity contribution < 1.29 is 23.3 Å². The minimum Gasteiger partial charge on any atom is -0.352 e. The summed E-state index contributed by atoms with van der Waals surface area (Å²) in [5.74, 6) is 0. The van der Waals surface area contributed by atoms with Crippen LogP contribution in [0, 0.1) is 0 Å². The molecular weight excluding hydrogens is 221 g/mol. The zero-order valence-electron chi connectivity index (χ0n) is 7.02. The van der Waals surface area contributed by atoms with Gasteiger partial charge in [0.1, 0.15) is 0 Å². The monoisotopic (exact) mass is 236 g/mol. The van der Waals surface area contributed by atoms with Crippen molar-refractivity contribution in [3.63, 3.8) is 0 Å². The van der Waals surface area contributed by atoms with Gasteiger partial charge in [0, 0.05) is 0 Å². The molecule has 0 rings (SSSR count). The smallest absolute Gasteiger partial charge is 0.340 e. The number of hydrogen-bond donors (Lipinski definition) is 3. The molecule has 0 bridgehead atoms. The molecule has 2 unspecified atom stereocenters. The Morgan fingerprint density at radius 1 is 1.08 bits per heavy atom. The molecule has 0 aromatic carbocycles. The molecule has 0 aliphatic rings. The van der Waals surface area contributed by atoms with Crippen molar-refractivity contribution in [1.29, 1.82) is 0 Å². The molecule has 0 amide bonds. The maximum absolute atomic E-state index is 8.36. The predicted octanol–water partition coefficient (Wildman–Crippen LogP) is 2.05. The highest BCUT2D eigenvalue weighted by molar-refractivity contribution is 7.54. The van der Waals surface area contributed by atoms with E-state index in [0.29, 0.717) is 0 Å². The number of rotatable bonds is 5. The quantitative estimate of drug-likeness (QED) is 0.636. The van der Waals surface area contributed by atoms with Crippen LogP contribution in [0.3, 0.4) is 0 Å². The molecule has 5 nitrogen and oxygen atoms in total. The summed E-state index contributed by atoms with van der Waals surface area (Å²) >= 11 is 0. The van der Waals surface area contributed by atoms with Crippen LogP contribution in [0.25, 0.3) is 0 Å². The van der Waals surface area contributed by atoms with Crippen molar-refractivity contribution >= 4 is 26.7 Å². The average Bonchev–Trinajstić information content (AvgIpc) is 2.06. The Morgan fingerprint density at radius 2 is 1.42 bits per heavy atom. The normalized spacial score (nSPS) is 13.8. The molecular formula is C4H15O5P3. The molecule has 0 saturated heterocycles. The molecule has 3 N–H and O–H groups in total. The van der Waals surface area contributed by atoms with E-state index in [9.17, 15) is 0 Å². The maximum atomic E-state index is 8.36. The second kappa shape index (κ2) is 14.6. The lowest BCUT2D eigenvalue weighted by molar-refractivity contribution is 0.385. The summed E-state index contributed by atoms with van der Waals surface area (Å²) in [5.41, 5.74) is 0. The maximum Gasteiger partial charge on any atom is 0.340 e.